The lowest BCUT2D eigenvalue weighted by molar-refractivity contribution is 0.0944. The van der Waals surface area contributed by atoms with E-state index >= 15 is 0 Å². The molecule has 1 amide bonds. The minimum Gasteiger partial charge on any atom is -0.379 e. The number of anilines is 1. The molecule has 22 heavy (non-hydrogen) atoms. The van der Waals surface area contributed by atoms with Crippen LogP contribution in [0.5, 0.6) is 0 Å². The molecule has 120 valence electrons. The summed E-state index contributed by atoms with van der Waals surface area (Å²) in [4.78, 5) is 12.9. The van der Waals surface area contributed by atoms with Crippen molar-refractivity contribution in [2.24, 2.45) is 0 Å². The van der Waals surface area contributed by atoms with Crippen molar-refractivity contribution in [3.8, 4) is 0 Å². The fourth-order valence-corrected chi connectivity index (χ4v) is 2.09. The third kappa shape index (κ3) is 5.21. The molecule has 9 heteroatoms. The van der Waals surface area contributed by atoms with E-state index in [2.05, 4.69) is 49.8 Å². The van der Waals surface area contributed by atoms with Crippen LogP contribution in [-0.4, -0.2) is 35.6 Å². The number of amides is 1. The zero-order valence-corrected chi connectivity index (χ0v) is 13.7. The Hall–Kier alpha value is -1.77. The fraction of sp³-hybridized carbons (Fsp3) is 0.308. The van der Waals surface area contributed by atoms with Gasteiger partial charge in [0.15, 0.2) is 0 Å². The molecule has 0 spiro atoms. The molecule has 0 saturated heterocycles. The number of carbonyl (C=O) groups is 1. The molecular weight excluding hydrogens is 326 g/mol. The third-order valence-electron chi connectivity index (χ3n) is 2.80. The highest BCUT2D eigenvalue weighted by atomic mass is 35.5. The van der Waals surface area contributed by atoms with Gasteiger partial charge in [0.25, 0.3) is 5.91 Å². The molecule has 0 fully saturated rings. The Bertz CT molecular complexity index is 590. The van der Waals surface area contributed by atoms with Crippen molar-refractivity contribution in [2.45, 2.75) is 11.4 Å². The molecule has 0 aliphatic carbocycles. The van der Waals surface area contributed by atoms with Gasteiger partial charge in [-0.15, -0.1) is 24.2 Å². The number of carbonyl (C=O) groups excluding carboxylic acids is 1. The van der Waals surface area contributed by atoms with Gasteiger partial charge < -0.3 is 16.4 Å². The monoisotopic (exact) mass is 343 g/mol. The summed E-state index contributed by atoms with van der Waals surface area (Å²) in [6.45, 7) is 1.85. The minimum absolute atomic E-state index is 0. The number of rotatable bonds is 7. The van der Waals surface area contributed by atoms with Crippen LogP contribution in [0.4, 0.5) is 5.82 Å². The van der Waals surface area contributed by atoms with Gasteiger partial charge in [-0.3, -0.25) is 4.79 Å². The maximum Gasteiger partial charge on any atom is 0.277 e. The van der Waals surface area contributed by atoms with Crippen LogP contribution in [0.25, 0.3) is 0 Å². The minimum atomic E-state index is -0.389. The van der Waals surface area contributed by atoms with E-state index in [4.69, 9.17) is 5.73 Å². The molecule has 0 aliphatic heterocycles. The van der Waals surface area contributed by atoms with Gasteiger partial charge in [-0.2, -0.15) is 0 Å². The zero-order valence-electron chi connectivity index (χ0n) is 12.0. The lowest BCUT2D eigenvalue weighted by atomic mass is 10.2. The van der Waals surface area contributed by atoms with Gasteiger partial charge in [0.1, 0.15) is 0 Å². The van der Waals surface area contributed by atoms with Crippen molar-refractivity contribution in [1.29, 1.82) is 0 Å². The lowest BCUT2D eigenvalue weighted by Gasteiger charge is -2.06. The van der Waals surface area contributed by atoms with Crippen LogP contribution >= 0.6 is 24.2 Å². The highest BCUT2D eigenvalue weighted by molar-refractivity contribution is 7.98. The van der Waals surface area contributed by atoms with E-state index in [0.29, 0.717) is 13.1 Å². The Labute approximate surface area is 138 Å². The lowest BCUT2D eigenvalue weighted by Crippen LogP contribution is -2.32. The number of benzene rings is 1. The van der Waals surface area contributed by atoms with Crippen LogP contribution in [0.2, 0.25) is 0 Å². The first-order valence-corrected chi connectivity index (χ1v) is 7.63. The molecule has 0 saturated carbocycles. The molecule has 1 aromatic carbocycles. The molecule has 0 atom stereocenters. The molecule has 2 rings (SSSR count). The molecular formula is C13H18ClN5O2S. The predicted molar refractivity (Wildman–Crippen MR) is 88.2 cm³/mol. The predicted octanol–water partition coefficient (Wildman–Crippen LogP) is 1.32. The van der Waals surface area contributed by atoms with Crippen LogP contribution in [0.3, 0.4) is 0 Å². The van der Waals surface area contributed by atoms with Crippen molar-refractivity contribution in [1.82, 2.24) is 20.9 Å². The van der Waals surface area contributed by atoms with Gasteiger partial charge in [0, 0.05) is 24.5 Å². The molecule has 0 radical (unpaired) electrons. The Morgan fingerprint density at radius 1 is 1.27 bits per heavy atom. The molecule has 1 aromatic heterocycles. The maximum absolute atomic E-state index is 11.6. The van der Waals surface area contributed by atoms with Gasteiger partial charge in [-0.1, -0.05) is 12.1 Å². The summed E-state index contributed by atoms with van der Waals surface area (Å²) in [5.41, 5.74) is 6.64. The van der Waals surface area contributed by atoms with E-state index in [1.54, 1.807) is 11.8 Å². The Morgan fingerprint density at radius 3 is 2.59 bits per heavy atom. The summed E-state index contributed by atoms with van der Waals surface area (Å²) in [6.07, 6.45) is 2.05. The number of halogens is 1. The fourth-order valence-electron chi connectivity index (χ4n) is 1.68. The summed E-state index contributed by atoms with van der Waals surface area (Å²) in [5, 5.41) is 12.7. The first kappa shape index (κ1) is 18.3. The highest BCUT2D eigenvalue weighted by Crippen LogP contribution is 2.14. The summed E-state index contributed by atoms with van der Waals surface area (Å²) in [7, 11) is 0. The molecule has 1 heterocycles. The molecule has 4 N–H and O–H groups in total. The van der Waals surface area contributed by atoms with Crippen molar-refractivity contribution in [3.63, 3.8) is 0 Å². The van der Waals surface area contributed by atoms with Crippen LogP contribution < -0.4 is 16.4 Å². The van der Waals surface area contributed by atoms with E-state index in [-0.39, 0.29) is 29.8 Å². The van der Waals surface area contributed by atoms with Gasteiger partial charge in [0.2, 0.25) is 11.5 Å². The summed E-state index contributed by atoms with van der Waals surface area (Å²) in [5.74, 6) is -0.394. The zero-order chi connectivity index (χ0) is 15.1. The van der Waals surface area contributed by atoms with Crippen LogP contribution in [0.15, 0.2) is 33.8 Å². The molecule has 0 aliphatic rings. The number of nitrogens with zero attached hydrogens (tertiary/aromatic N) is 2. The summed E-state index contributed by atoms with van der Waals surface area (Å²) in [6, 6.07) is 8.34. The average molecular weight is 344 g/mol. The Balaban J connectivity index is 0.00000242. The quantitative estimate of drug-likeness (QED) is 0.514. The SMILES string of the molecule is CSc1ccc(CNCCNC(=O)c2nonc2N)cc1.Cl. The first-order chi connectivity index (χ1) is 10.2. The van der Waals surface area contributed by atoms with Gasteiger partial charge in [0.05, 0.1) is 0 Å². The van der Waals surface area contributed by atoms with Crippen LogP contribution in [-0.2, 0) is 6.54 Å². The number of hydrogen-bond acceptors (Lipinski definition) is 7. The van der Waals surface area contributed by atoms with E-state index in [0.717, 1.165) is 6.54 Å². The topological polar surface area (TPSA) is 106 Å². The maximum atomic E-state index is 11.6. The van der Waals surface area contributed by atoms with Crippen molar-refractivity contribution < 1.29 is 9.42 Å². The van der Waals surface area contributed by atoms with E-state index in [9.17, 15) is 4.79 Å². The first-order valence-electron chi connectivity index (χ1n) is 6.40. The standard InChI is InChI=1S/C13H17N5O2S.ClH/c1-21-10-4-2-9(3-5-10)8-15-6-7-16-13(19)11-12(14)18-20-17-11;/h2-5,15H,6-8H2,1H3,(H2,14,18)(H,16,19);1H. The van der Waals surface area contributed by atoms with Crippen LogP contribution in [0.1, 0.15) is 16.1 Å². The molecule has 0 unspecified atom stereocenters. The smallest absolute Gasteiger partial charge is 0.277 e. The normalized spacial score (nSPS) is 10.0. The number of nitrogens with one attached hydrogen (secondary N) is 2. The average Bonchev–Trinajstić information content (AvgIpc) is 2.93. The number of nitrogens with two attached hydrogens (primary N) is 1. The van der Waals surface area contributed by atoms with Gasteiger partial charge in [-0.25, -0.2) is 4.63 Å². The van der Waals surface area contributed by atoms with Crippen molar-refractivity contribution >= 4 is 35.9 Å². The third-order valence-corrected chi connectivity index (χ3v) is 3.55. The second kappa shape index (κ2) is 9.29. The second-order valence-electron chi connectivity index (χ2n) is 4.28. The van der Waals surface area contributed by atoms with Gasteiger partial charge >= 0.3 is 0 Å². The van der Waals surface area contributed by atoms with E-state index < -0.39 is 0 Å². The molecule has 0 bridgehead atoms. The Morgan fingerprint density at radius 2 is 2.00 bits per heavy atom. The van der Waals surface area contributed by atoms with Crippen molar-refractivity contribution in [3.05, 3.63) is 35.5 Å². The molecule has 7 nitrogen and oxygen atoms in total. The van der Waals surface area contributed by atoms with E-state index in [1.807, 2.05) is 6.26 Å². The van der Waals surface area contributed by atoms with Gasteiger partial charge in [-0.05, 0) is 34.3 Å². The number of nitrogen functional groups attached to an aromatic ring is 1. The number of thioether (sulfide) groups is 1. The highest BCUT2D eigenvalue weighted by Gasteiger charge is 2.14. The Kier molecular flexibility index (Phi) is 7.72. The van der Waals surface area contributed by atoms with Crippen molar-refractivity contribution in [2.75, 3.05) is 25.1 Å². The summed E-state index contributed by atoms with van der Waals surface area (Å²) >= 11 is 1.72. The van der Waals surface area contributed by atoms with Crippen LogP contribution in [0, 0.1) is 0 Å². The second-order valence-corrected chi connectivity index (χ2v) is 5.16. The largest absolute Gasteiger partial charge is 0.379 e. The van der Waals surface area contributed by atoms with E-state index in [1.165, 1.54) is 10.5 Å². The number of aromatic nitrogens is 2. The molecule has 2 aromatic rings. The summed E-state index contributed by atoms with van der Waals surface area (Å²) < 4.78 is 4.37. The number of hydrogen-bond donors (Lipinski definition) is 3.